The summed E-state index contributed by atoms with van der Waals surface area (Å²) in [5.74, 6) is 0.373. The number of rotatable bonds is 6. The summed E-state index contributed by atoms with van der Waals surface area (Å²) in [6, 6.07) is 16.7. The predicted octanol–water partition coefficient (Wildman–Crippen LogP) is 4.54. The van der Waals surface area contributed by atoms with Crippen molar-refractivity contribution in [3.63, 3.8) is 0 Å². The van der Waals surface area contributed by atoms with Crippen molar-refractivity contribution in [3.8, 4) is 10.6 Å². The van der Waals surface area contributed by atoms with Gasteiger partial charge in [0, 0.05) is 16.8 Å². The largest absolute Gasteiger partial charge is 0.423 e. The van der Waals surface area contributed by atoms with Crippen LogP contribution in [0, 0.1) is 0 Å². The van der Waals surface area contributed by atoms with Gasteiger partial charge in [0.25, 0.3) is 0 Å². The number of hydrogen-bond acceptors (Lipinski definition) is 11. The maximum Gasteiger partial charge on any atom is 0.302 e. The van der Waals surface area contributed by atoms with Crippen molar-refractivity contribution in [2.45, 2.75) is 19.2 Å². The van der Waals surface area contributed by atoms with Crippen molar-refractivity contribution in [2.75, 3.05) is 10.6 Å². The molecule has 3 aromatic heterocycles. The first-order chi connectivity index (χ1) is 18.0. The van der Waals surface area contributed by atoms with Crippen LogP contribution in [-0.4, -0.2) is 42.7 Å². The van der Waals surface area contributed by atoms with Gasteiger partial charge in [-0.05, 0) is 19.1 Å². The van der Waals surface area contributed by atoms with E-state index >= 15 is 0 Å². The summed E-state index contributed by atoms with van der Waals surface area (Å²) in [6.07, 6.45) is 0.342. The van der Waals surface area contributed by atoms with Crippen molar-refractivity contribution in [3.05, 3.63) is 82.8 Å². The van der Waals surface area contributed by atoms with Crippen LogP contribution in [0.15, 0.2) is 81.5 Å². The standard InChI is InChI=1S/C24H20ClN9O2S/c1-12-17(20(35)30-24-34-33-21(37-24)13-7-3-2-4-8-13)19(18-14(25)11-26-32-18)29-22(27-12)31-23-28-15-9-5-6-10-16(15)36-23/h2-11,19-20,35H,1H3,(H,26,32)(H,30,34)(H2,27,28,29,31). The van der Waals surface area contributed by atoms with E-state index in [1.165, 1.54) is 17.5 Å². The molecule has 0 spiro atoms. The van der Waals surface area contributed by atoms with E-state index in [0.717, 1.165) is 10.6 Å². The van der Waals surface area contributed by atoms with E-state index in [-0.39, 0.29) is 6.01 Å². The molecule has 5 aromatic rings. The number of nitrogens with zero attached hydrogens (tertiary/aromatic N) is 5. The van der Waals surface area contributed by atoms with Gasteiger partial charge in [-0.1, -0.05) is 65.4 Å². The number of allylic oxidation sites excluding steroid dienone is 1. The van der Waals surface area contributed by atoms with Crippen molar-refractivity contribution in [1.29, 1.82) is 0 Å². The summed E-state index contributed by atoms with van der Waals surface area (Å²) in [5.41, 5.74) is 4.02. The molecule has 0 saturated carbocycles. The molecule has 2 atom stereocenters. The molecule has 0 aliphatic carbocycles. The Morgan fingerprint density at radius 1 is 1.11 bits per heavy atom. The van der Waals surface area contributed by atoms with E-state index in [9.17, 15) is 5.11 Å². The van der Waals surface area contributed by atoms with Crippen LogP contribution in [0.1, 0.15) is 18.7 Å². The van der Waals surface area contributed by atoms with Gasteiger partial charge in [0.15, 0.2) is 11.8 Å². The minimum absolute atomic E-state index is 0.277. The lowest BCUT2D eigenvalue weighted by Gasteiger charge is -2.29. The van der Waals surface area contributed by atoms with Gasteiger partial charge in [-0.15, -0.1) is 10.2 Å². The van der Waals surface area contributed by atoms with Gasteiger partial charge in [0.2, 0.25) is 11.1 Å². The second-order valence-corrected chi connectivity index (χ2v) is 9.54. The quantitative estimate of drug-likeness (QED) is 0.198. The Balaban J connectivity index is 1.28. The lowest BCUT2D eigenvalue weighted by molar-refractivity contribution is 0.228. The highest BCUT2D eigenvalue weighted by molar-refractivity contribution is 7.18. The maximum absolute atomic E-state index is 11.2. The molecule has 5 N–H and O–H groups in total. The van der Waals surface area contributed by atoms with Crippen LogP contribution in [0.25, 0.3) is 21.7 Å². The third-order valence-electron chi connectivity index (χ3n) is 5.71. The average molecular weight is 534 g/mol. The van der Waals surface area contributed by atoms with Crippen LogP contribution in [0.5, 0.6) is 0 Å². The average Bonchev–Trinajstić information content (AvgIpc) is 3.63. The van der Waals surface area contributed by atoms with Crippen LogP contribution in [-0.2, 0) is 0 Å². The Hall–Kier alpha value is -4.26. The van der Waals surface area contributed by atoms with Gasteiger partial charge in [0.05, 0.1) is 16.9 Å². The Morgan fingerprint density at radius 3 is 2.70 bits per heavy atom. The van der Waals surface area contributed by atoms with Gasteiger partial charge in [-0.25, -0.2) is 4.99 Å². The third-order valence-corrected chi connectivity index (χ3v) is 6.91. The normalized spacial score (nSPS) is 16.4. The number of benzene rings is 2. The molecule has 13 heteroatoms. The smallest absolute Gasteiger partial charge is 0.302 e. The monoisotopic (exact) mass is 533 g/mol. The number of aliphatic imine (C=N–C) groups is 1. The van der Waals surface area contributed by atoms with Crippen LogP contribution < -0.4 is 16.0 Å². The highest BCUT2D eigenvalue weighted by Gasteiger charge is 2.32. The number of hydrogen-bond donors (Lipinski definition) is 5. The molecule has 4 heterocycles. The van der Waals surface area contributed by atoms with Crippen LogP contribution in [0.3, 0.4) is 0 Å². The van der Waals surface area contributed by atoms with Gasteiger partial charge < -0.3 is 20.2 Å². The van der Waals surface area contributed by atoms with Gasteiger partial charge in [0.1, 0.15) is 16.6 Å². The number of nitrogens with one attached hydrogen (secondary N) is 4. The molecule has 37 heavy (non-hydrogen) atoms. The summed E-state index contributed by atoms with van der Waals surface area (Å²) >= 11 is 7.74. The summed E-state index contributed by atoms with van der Waals surface area (Å²) in [6.45, 7) is 1.83. The number of H-pyrrole nitrogens is 1. The fourth-order valence-corrected chi connectivity index (χ4v) is 4.96. The first kappa shape index (κ1) is 23.2. The van der Waals surface area contributed by atoms with Gasteiger partial charge in [-0.2, -0.15) is 10.1 Å². The second-order valence-electron chi connectivity index (χ2n) is 8.15. The Kier molecular flexibility index (Phi) is 6.04. The number of anilines is 2. The number of aromatic amines is 1. The Bertz CT molecular complexity index is 1590. The molecule has 0 saturated heterocycles. The van der Waals surface area contributed by atoms with Crippen molar-refractivity contribution in [1.82, 2.24) is 30.7 Å². The highest BCUT2D eigenvalue weighted by Crippen LogP contribution is 2.36. The molecular weight excluding hydrogens is 514 g/mol. The van der Waals surface area contributed by atoms with Crippen LogP contribution in [0.2, 0.25) is 5.02 Å². The highest BCUT2D eigenvalue weighted by atomic mass is 35.5. The molecule has 0 fully saturated rings. The fraction of sp³-hybridized carbons (Fsp3) is 0.125. The lowest BCUT2D eigenvalue weighted by atomic mass is 9.99. The van der Waals surface area contributed by atoms with Crippen molar-refractivity contribution < 1.29 is 9.52 Å². The molecule has 0 bridgehead atoms. The molecule has 2 unspecified atom stereocenters. The summed E-state index contributed by atoms with van der Waals surface area (Å²) in [4.78, 5) is 9.18. The number of fused-ring (bicyclic) bond motifs is 1. The van der Waals surface area contributed by atoms with E-state index < -0.39 is 12.3 Å². The second kappa shape index (κ2) is 9.65. The van der Waals surface area contributed by atoms with Crippen molar-refractivity contribution >= 4 is 51.1 Å². The molecule has 0 amide bonds. The lowest BCUT2D eigenvalue weighted by Crippen LogP contribution is -2.39. The molecule has 2 aromatic carbocycles. The topological polar surface area (TPSA) is 149 Å². The number of aromatic nitrogens is 5. The predicted molar refractivity (Wildman–Crippen MR) is 142 cm³/mol. The van der Waals surface area contributed by atoms with E-state index in [1.54, 1.807) is 0 Å². The zero-order chi connectivity index (χ0) is 25.4. The zero-order valence-electron chi connectivity index (χ0n) is 19.3. The molecule has 186 valence electrons. The van der Waals surface area contributed by atoms with E-state index in [4.69, 9.17) is 21.0 Å². The number of para-hydroxylation sites is 2. The molecular formula is C24H20ClN9O2S. The summed E-state index contributed by atoms with van der Waals surface area (Å²) < 4.78 is 5.77. The van der Waals surface area contributed by atoms with Gasteiger partial charge in [-0.3, -0.25) is 10.4 Å². The SMILES string of the molecule is CC1=C(C(O)Nc2nnc(-c3ccccc3)s2)C(c2[nH]ncc2Cl)N=C(Nc2nc3ccccc3o2)N1. The Labute approximate surface area is 219 Å². The summed E-state index contributed by atoms with van der Waals surface area (Å²) in [7, 11) is 0. The molecule has 11 nitrogen and oxygen atoms in total. The number of aliphatic hydroxyl groups is 1. The van der Waals surface area contributed by atoms with Crippen molar-refractivity contribution in [2.24, 2.45) is 4.99 Å². The number of guanidine groups is 1. The van der Waals surface area contributed by atoms with E-state index in [1.807, 2.05) is 61.5 Å². The molecule has 1 aliphatic heterocycles. The number of oxazole rings is 1. The number of aliphatic hydroxyl groups excluding tert-OH is 1. The molecule has 1 aliphatic rings. The fourth-order valence-electron chi connectivity index (χ4n) is 4.00. The zero-order valence-corrected chi connectivity index (χ0v) is 20.9. The maximum atomic E-state index is 11.2. The van der Waals surface area contributed by atoms with Crippen LogP contribution >= 0.6 is 22.9 Å². The van der Waals surface area contributed by atoms with Crippen LogP contribution in [0.4, 0.5) is 11.1 Å². The van der Waals surface area contributed by atoms with Gasteiger partial charge >= 0.3 is 6.01 Å². The Morgan fingerprint density at radius 2 is 1.92 bits per heavy atom. The molecule has 6 rings (SSSR count). The van der Waals surface area contributed by atoms with E-state index in [2.05, 4.69) is 41.3 Å². The number of halogens is 1. The minimum atomic E-state index is -1.15. The molecule has 0 radical (unpaired) electrons. The minimum Gasteiger partial charge on any atom is -0.423 e. The third kappa shape index (κ3) is 4.65. The summed E-state index contributed by atoms with van der Waals surface area (Å²) in [5, 5.41) is 37.4. The first-order valence-corrected chi connectivity index (χ1v) is 12.4. The first-order valence-electron chi connectivity index (χ1n) is 11.3. The van der Waals surface area contributed by atoms with E-state index in [0.29, 0.717) is 44.2 Å².